The van der Waals surface area contributed by atoms with Crippen molar-refractivity contribution < 1.29 is 9.47 Å². The number of anilines is 1. The molecule has 1 aliphatic rings. The summed E-state index contributed by atoms with van der Waals surface area (Å²) in [6.07, 6.45) is 1.02. The molecule has 4 rings (SSSR count). The van der Waals surface area contributed by atoms with Crippen molar-refractivity contribution in [2.24, 2.45) is 0 Å². The fourth-order valence-electron chi connectivity index (χ4n) is 3.26. The summed E-state index contributed by atoms with van der Waals surface area (Å²) in [4.78, 5) is 0. The molecule has 1 N–H and O–H groups in total. The first kappa shape index (κ1) is 15.6. The van der Waals surface area contributed by atoms with E-state index in [1.54, 1.807) is 0 Å². The summed E-state index contributed by atoms with van der Waals surface area (Å²) < 4.78 is 10.8. The second-order valence-electron chi connectivity index (χ2n) is 6.16. The zero-order valence-corrected chi connectivity index (χ0v) is 14.0. The molecule has 3 aromatic carbocycles. The highest BCUT2D eigenvalue weighted by Gasteiger charge is 2.15. The van der Waals surface area contributed by atoms with E-state index in [-0.39, 0.29) is 0 Å². The van der Waals surface area contributed by atoms with E-state index >= 15 is 0 Å². The highest BCUT2D eigenvalue weighted by molar-refractivity contribution is 5.55. The molecule has 0 fully saturated rings. The molecule has 0 saturated heterocycles. The van der Waals surface area contributed by atoms with E-state index in [9.17, 15) is 0 Å². The summed E-state index contributed by atoms with van der Waals surface area (Å²) in [6, 6.07) is 27.4. The molecular formula is C22H21NO2. The third-order valence-corrected chi connectivity index (χ3v) is 4.54. The van der Waals surface area contributed by atoms with Crippen molar-refractivity contribution in [1.82, 2.24) is 0 Å². The average molecular weight is 331 g/mol. The van der Waals surface area contributed by atoms with Crippen molar-refractivity contribution in [3.63, 3.8) is 0 Å². The molecule has 0 radical (unpaired) electrons. The lowest BCUT2D eigenvalue weighted by Crippen LogP contribution is -2.09. The van der Waals surface area contributed by atoms with Crippen LogP contribution in [0.1, 0.15) is 23.5 Å². The summed E-state index contributed by atoms with van der Waals surface area (Å²) in [7, 11) is 0. The Balaban J connectivity index is 1.46. The molecule has 25 heavy (non-hydrogen) atoms. The molecule has 0 spiro atoms. The van der Waals surface area contributed by atoms with Crippen LogP contribution in [-0.2, 0) is 0 Å². The average Bonchev–Trinajstić information content (AvgIpc) is 3.14. The first-order valence-electron chi connectivity index (χ1n) is 8.63. The molecule has 0 saturated carbocycles. The fourth-order valence-corrected chi connectivity index (χ4v) is 3.26. The van der Waals surface area contributed by atoms with E-state index in [4.69, 9.17) is 9.47 Å². The van der Waals surface area contributed by atoms with Gasteiger partial charge < -0.3 is 14.8 Å². The Bertz CT molecular complexity index is 778. The molecule has 3 heteroatoms. The normalized spacial score (nSPS) is 12.4. The van der Waals surface area contributed by atoms with E-state index in [0.717, 1.165) is 30.2 Å². The summed E-state index contributed by atoms with van der Waals surface area (Å²) in [6.45, 7) is 1.19. The number of fused-ring (bicyclic) bond motifs is 1. The van der Waals surface area contributed by atoms with E-state index in [2.05, 4.69) is 66.0 Å². The maximum Gasteiger partial charge on any atom is 0.231 e. The Morgan fingerprint density at radius 3 is 2.08 bits per heavy atom. The fraction of sp³-hybridized carbons (Fsp3) is 0.182. The molecule has 0 bridgehead atoms. The van der Waals surface area contributed by atoms with Crippen LogP contribution >= 0.6 is 0 Å². The molecule has 0 atom stereocenters. The van der Waals surface area contributed by atoms with Gasteiger partial charge in [0.15, 0.2) is 11.5 Å². The van der Waals surface area contributed by atoms with Gasteiger partial charge in [0.05, 0.1) is 0 Å². The van der Waals surface area contributed by atoms with Crippen LogP contribution in [0, 0.1) is 0 Å². The first-order chi connectivity index (χ1) is 12.4. The van der Waals surface area contributed by atoms with Crippen LogP contribution in [0.4, 0.5) is 5.69 Å². The van der Waals surface area contributed by atoms with E-state index < -0.39 is 0 Å². The number of nitrogens with one attached hydrogen (secondary N) is 1. The summed E-state index contributed by atoms with van der Waals surface area (Å²) >= 11 is 0. The van der Waals surface area contributed by atoms with Crippen LogP contribution in [0.3, 0.4) is 0 Å². The molecule has 0 aliphatic carbocycles. The first-order valence-corrected chi connectivity index (χ1v) is 8.63. The Labute approximate surface area is 148 Å². The van der Waals surface area contributed by atoms with Crippen LogP contribution in [0.5, 0.6) is 11.5 Å². The molecule has 0 unspecified atom stereocenters. The predicted molar refractivity (Wildman–Crippen MR) is 100 cm³/mol. The van der Waals surface area contributed by atoms with Crippen molar-refractivity contribution in [2.75, 3.05) is 18.7 Å². The number of benzene rings is 3. The van der Waals surface area contributed by atoms with Gasteiger partial charge in [-0.25, -0.2) is 0 Å². The minimum atomic E-state index is 0.308. The third-order valence-electron chi connectivity index (χ3n) is 4.54. The van der Waals surface area contributed by atoms with E-state index in [1.807, 2.05) is 18.2 Å². The molecule has 3 nitrogen and oxygen atoms in total. The minimum absolute atomic E-state index is 0.308. The Morgan fingerprint density at radius 2 is 1.40 bits per heavy atom. The topological polar surface area (TPSA) is 30.5 Å². The zero-order valence-electron chi connectivity index (χ0n) is 14.0. The quantitative estimate of drug-likeness (QED) is 0.685. The van der Waals surface area contributed by atoms with Crippen molar-refractivity contribution >= 4 is 5.69 Å². The van der Waals surface area contributed by atoms with Crippen LogP contribution < -0.4 is 14.8 Å². The lowest BCUT2D eigenvalue weighted by molar-refractivity contribution is 0.174. The van der Waals surface area contributed by atoms with Crippen molar-refractivity contribution in [3.8, 4) is 11.5 Å². The summed E-state index contributed by atoms with van der Waals surface area (Å²) in [5.41, 5.74) is 3.76. The Kier molecular flexibility index (Phi) is 4.55. The van der Waals surface area contributed by atoms with Gasteiger partial charge in [0.1, 0.15) is 0 Å². The van der Waals surface area contributed by atoms with Crippen molar-refractivity contribution in [3.05, 3.63) is 90.0 Å². The van der Waals surface area contributed by atoms with Gasteiger partial charge in [0, 0.05) is 24.2 Å². The summed E-state index contributed by atoms with van der Waals surface area (Å²) in [5, 5.41) is 3.51. The van der Waals surface area contributed by atoms with Gasteiger partial charge in [-0.1, -0.05) is 60.7 Å². The van der Waals surface area contributed by atoms with Gasteiger partial charge in [0.2, 0.25) is 6.79 Å². The summed E-state index contributed by atoms with van der Waals surface area (Å²) in [5.74, 6) is 2.01. The van der Waals surface area contributed by atoms with Crippen LogP contribution in [0.25, 0.3) is 0 Å². The highest BCUT2D eigenvalue weighted by atomic mass is 16.7. The lowest BCUT2D eigenvalue weighted by atomic mass is 9.88. The maximum absolute atomic E-state index is 5.44. The Morgan fingerprint density at radius 1 is 0.760 bits per heavy atom. The van der Waals surface area contributed by atoms with Gasteiger partial charge in [-0.3, -0.25) is 0 Å². The van der Waals surface area contributed by atoms with Gasteiger partial charge in [0.25, 0.3) is 0 Å². The lowest BCUT2D eigenvalue weighted by Gasteiger charge is -2.19. The molecule has 3 aromatic rings. The molecule has 0 aromatic heterocycles. The number of hydrogen-bond acceptors (Lipinski definition) is 3. The van der Waals surface area contributed by atoms with Gasteiger partial charge >= 0.3 is 0 Å². The highest BCUT2D eigenvalue weighted by Crippen LogP contribution is 2.34. The molecule has 1 heterocycles. The monoisotopic (exact) mass is 331 g/mol. The molecular weight excluding hydrogens is 310 g/mol. The molecule has 1 aliphatic heterocycles. The standard InChI is InChI=1S/C22H21NO2/c1-3-7-17(8-4-1)20(18-9-5-2-6-10-18)13-14-23-19-11-12-21-22(15-19)25-16-24-21/h1-12,15,20,23H,13-14,16H2. The SMILES string of the molecule is c1ccc(C(CCNc2ccc3c(c2)OCO3)c2ccccc2)cc1. The van der Waals surface area contributed by atoms with E-state index in [1.165, 1.54) is 11.1 Å². The Hall–Kier alpha value is -2.94. The van der Waals surface area contributed by atoms with Crippen LogP contribution in [0.2, 0.25) is 0 Å². The second-order valence-corrected chi connectivity index (χ2v) is 6.16. The molecule has 0 amide bonds. The maximum atomic E-state index is 5.44. The number of hydrogen-bond donors (Lipinski definition) is 1. The third kappa shape index (κ3) is 3.61. The van der Waals surface area contributed by atoms with Crippen molar-refractivity contribution in [2.45, 2.75) is 12.3 Å². The van der Waals surface area contributed by atoms with Gasteiger partial charge in [-0.2, -0.15) is 0 Å². The van der Waals surface area contributed by atoms with Crippen LogP contribution in [0.15, 0.2) is 78.9 Å². The predicted octanol–water partition coefficient (Wildman–Crippen LogP) is 5.05. The number of ether oxygens (including phenoxy) is 2. The number of rotatable bonds is 6. The smallest absolute Gasteiger partial charge is 0.231 e. The van der Waals surface area contributed by atoms with Crippen molar-refractivity contribution in [1.29, 1.82) is 0 Å². The van der Waals surface area contributed by atoms with Crippen LogP contribution in [-0.4, -0.2) is 13.3 Å². The minimum Gasteiger partial charge on any atom is -0.454 e. The zero-order chi connectivity index (χ0) is 16.9. The second kappa shape index (κ2) is 7.31. The van der Waals surface area contributed by atoms with Gasteiger partial charge in [-0.05, 0) is 29.7 Å². The van der Waals surface area contributed by atoms with E-state index in [0.29, 0.717) is 12.7 Å². The molecule has 126 valence electrons. The van der Waals surface area contributed by atoms with Gasteiger partial charge in [-0.15, -0.1) is 0 Å². The largest absolute Gasteiger partial charge is 0.454 e.